The van der Waals surface area contributed by atoms with Gasteiger partial charge in [-0.25, -0.2) is 17.8 Å². The second kappa shape index (κ2) is 7.10. The summed E-state index contributed by atoms with van der Waals surface area (Å²) >= 11 is 3.32. The fourth-order valence-electron chi connectivity index (χ4n) is 2.54. The van der Waals surface area contributed by atoms with Crippen LogP contribution in [0.5, 0.6) is 0 Å². The third-order valence-electron chi connectivity index (χ3n) is 3.71. The number of sulfonamides is 1. The number of hydrogen-bond donors (Lipinski definition) is 1. The molecule has 0 saturated carbocycles. The van der Waals surface area contributed by atoms with Crippen LogP contribution in [0.2, 0.25) is 0 Å². The van der Waals surface area contributed by atoms with E-state index in [1.54, 1.807) is 13.2 Å². The van der Waals surface area contributed by atoms with Gasteiger partial charge < -0.3 is 4.90 Å². The Kier molecular flexibility index (Phi) is 5.62. The van der Waals surface area contributed by atoms with E-state index in [1.807, 2.05) is 6.92 Å². The van der Waals surface area contributed by atoms with Crippen molar-refractivity contribution in [2.24, 2.45) is 7.05 Å². The second-order valence-electron chi connectivity index (χ2n) is 5.47. The van der Waals surface area contributed by atoms with E-state index in [2.05, 4.69) is 30.7 Å². The predicted molar refractivity (Wildman–Crippen MR) is 89.6 cm³/mol. The first-order valence-corrected chi connectivity index (χ1v) is 9.75. The van der Waals surface area contributed by atoms with Gasteiger partial charge in [-0.2, -0.15) is 5.10 Å². The summed E-state index contributed by atoms with van der Waals surface area (Å²) in [7, 11) is -1.57. The Balaban J connectivity index is 2.01. The molecule has 2 rings (SSSR count). The van der Waals surface area contributed by atoms with Crippen LogP contribution in [0, 0.1) is 0 Å². The van der Waals surface area contributed by atoms with Crippen molar-refractivity contribution in [1.29, 1.82) is 0 Å². The number of aryl methyl sites for hydroxylation is 1. The Hall–Kier alpha value is -0.930. The van der Waals surface area contributed by atoms with Crippen LogP contribution in [-0.4, -0.2) is 43.1 Å². The van der Waals surface area contributed by atoms with Gasteiger partial charge in [-0.05, 0) is 35.2 Å². The number of nitrogens with one attached hydrogen (secondary N) is 1. The molecular formula is C13H21BrN4O3S. The number of rotatable bonds is 5. The molecule has 1 aromatic rings. The summed E-state index contributed by atoms with van der Waals surface area (Å²) in [5.41, 5.74) is 0.584. The molecule has 1 fully saturated rings. The van der Waals surface area contributed by atoms with E-state index in [4.69, 9.17) is 0 Å². The molecule has 124 valence electrons. The maximum atomic E-state index is 11.9. The zero-order valence-corrected chi connectivity index (χ0v) is 15.2. The van der Waals surface area contributed by atoms with Gasteiger partial charge in [-0.1, -0.05) is 6.92 Å². The summed E-state index contributed by atoms with van der Waals surface area (Å²) in [4.78, 5) is 13.9. The van der Waals surface area contributed by atoms with Crippen molar-refractivity contribution >= 4 is 31.6 Å². The summed E-state index contributed by atoms with van der Waals surface area (Å²) in [5.74, 6) is 0.164. The monoisotopic (exact) mass is 392 g/mol. The minimum absolute atomic E-state index is 0.0360. The quantitative estimate of drug-likeness (QED) is 0.802. The predicted octanol–water partition coefficient (Wildman–Crippen LogP) is 0.841. The van der Waals surface area contributed by atoms with Gasteiger partial charge in [0.2, 0.25) is 10.0 Å². The first kappa shape index (κ1) is 17.4. The summed E-state index contributed by atoms with van der Waals surface area (Å²) in [6.45, 7) is 3.22. The number of anilines is 1. The van der Waals surface area contributed by atoms with Crippen molar-refractivity contribution in [3.05, 3.63) is 21.0 Å². The van der Waals surface area contributed by atoms with Gasteiger partial charge in [-0.15, -0.1) is 0 Å². The molecule has 1 aliphatic heterocycles. The maximum Gasteiger partial charge on any atom is 0.282 e. The number of piperidine rings is 1. The van der Waals surface area contributed by atoms with E-state index in [0.29, 0.717) is 36.8 Å². The lowest BCUT2D eigenvalue weighted by Crippen LogP contribution is -2.45. The van der Waals surface area contributed by atoms with Gasteiger partial charge >= 0.3 is 0 Å². The molecule has 2 heterocycles. The minimum atomic E-state index is -3.18. The molecule has 1 N–H and O–H groups in total. The highest BCUT2D eigenvalue weighted by atomic mass is 79.9. The molecule has 9 heteroatoms. The van der Waals surface area contributed by atoms with Crippen molar-refractivity contribution in [2.45, 2.75) is 32.2 Å². The Bertz CT molecular complexity index is 681. The molecule has 0 radical (unpaired) electrons. The van der Waals surface area contributed by atoms with Crippen molar-refractivity contribution in [3.63, 3.8) is 0 Å². The zero-order valence-electron chi connectivity index (χ0n) is 12.7. The molecule has 0 unspecified atom stereocenters. The highest BCUT2D eigenvalue weighted by Gasteiger charge is 2.25. The highest BCUT2D eigenvalue weighted by molar-refractivity contribution is 9.10. The van der Waals surface area contributed by atoms with Gasteiger partial charge in [0.1, 0.15) is 4.47 Å². The van der Waals surface area contributed by atoms with Crippen LogP contribution in [0.15, 0.2) is 15.5 Å². The molecule has 0 aliphatic carbocycles. The Morgan fingerprint density at radius 1 is 1.41 bits per heavy atom. The summed E-state index contributed by atoms with van der Waals surface area (Å²) in [6, 6.07) is -0.0360. The topological polar surface area (TPSA) is 84.3 Å². The van der Waals surface area contributed by atoms with E-state index in [9.17, 15) is 13.2 Å². The Labute approximate surface area is 138 Å². The van der Waals surface area contributed by atoms with E-state index in [0.717, 1.165) is 5.69 Å². The first-order valence-electron chi connectivity index (χ1n) is 7.31. The van der Waals surface area contributed by atoms with Crippen LogP contribution in [0.3, 0.4) is 0 Å². The number of aromatic nitrogens is 2. The lowest BCUT2D eigenvalue weighted by molar-refractivity contribution is 0.458. The summed E-state index contributed by atoms with van der Waals surface area (Å²) in [5, 5.41) is 4.04. The highest BCUT2D eigenvalue weighted by Crippen LogP contribution is 2.25. The minimum Gasteiger partial charge on any atom is -0.369 e. The molecule has 1 aromatic heterocycles. The standard InChI is InChI=1S/C13H21BrN4O3S/c1-3-8-22(20,21)16-10-4-6-18(7-5-10)11-9-15-17(2)13(19)12(11)14/h9-10,16H,3-8H2,1-2H3. The number of hydrogen-bond acceptors (Lipinski definition) is 5. The molecule has 0 atom stereocenters. The number of nitrogens with zero attached hydrogens (tertiary/aromatic N) is 3. The van der Waals surface area contributed by atoms with Crippen molar-refractivity contribution in [1.82, 2.24) is 14.5 Å². The van der Waals surface area contributed by atoms with Crippen LogP contribution >= 0.6 is 15.9 Å². The summed E-state index contributed by atoms with van der Waals surface area (Å²) in [6.07, 6.45) is 3.70. The third-order valence-corrected chi connectivity index (χ3v) is 6.10. The second-order valence-corrected chi connectivity index (χ2v) is 8.14. The van der Waals surface area contributed by atoms with Crippen molar-refractivity contribution in [3.8, 4) is 0 Å². The fourth-order valence-corrected chi connectivity index (χ4v) is 4.55. The lowest BCUT2D eigenvalue weighted by Gasteiger charge is -2.34. The SMILES string of the molecule is CCCS(=O)(=O)NC1CCN(c2cnn(C)c(=O)c2Br)CC1. The molecule has 0 aromatic carbocycles. The average Bonchev–Trinajstić information content (AvgIpc) is 2.46. The molecule has 0 bridgehead atoms. The molecule has 1 saturated heterocycles. The van der Waals surface area contributed by atoms with Crippen LogP contribution in [0.1, 0.15) is 26.2 Å². The largest absolute Gasteiger partial charge is 0.369 e. The van der Waals surface area contributed by atoms with Crippen LogP contribution < -0.4 is 15.2 Å². The molecule has 1 aliphatic rings. The zero-order chi connectivity index (χ0) is 16.3. The first-order chi connectivity index (χ1) is 10.3. The van der Waals surface area contributed by atoms with Gasteiger partial charge in [0, 0.05) is 26.2 Å². The van der Waals surface area contributed by atoms with Crippen molar-refractivity contribution in [2.75, 3.05) is 23.7 Å². The van der Waals surface area contributed by atoms with Crippen molar-refractivity contribution < 1.29 is 8.42 Å². The van der Waals surface area contributed by atoms with Gasteiger partial charge in [0.15, 0.2) is 0 Å². The fraction of sp³-hybridized carbons (Fsp3) is 0.692. The lowest BCUT2D eigenvalue weighted by atomic mass is 10.1. The van der Waals surface area contributed by atoms with Crippen LogP contribution in [0.25, 0.3) is 0 Å². The smallest absolute Gasteiger partial charge is 0.282 e. The molecule has 7 nitrogen and oxygen atoms in total. The molecule has 22 heavy (non-hydrogen) atoms. The maximum absolute atomic E-state index is 11.9. The van der Waals surface area contributed by atoms with E-state index in [-0.39, 0.29) is 17.4 Å². The Morgan fingerprint density at radius 3 is 2.64 bits per heavy atom. The van der Waals surface area contributed by atoms with Gasteiger partial charge in [-0.3, -0.25) is 4.79 Å². The van der Waals surface area contributed by atoms with Crippen LogP contribution in [-0.2, 0) is 17.1 Å². The third kappa shape index (κ3) is 4.08. The average molecular weight is 393 g/mol. The summed E-state index contributed by atoms with van der Waals surface area (Å²) < 4.78 is 28.1. The molecule has 0 spiro atoms. The van der Waals surface area contributed by atoms with E-state index in [1.165, 1.54) is 4.68 Å². The van der Waals surface area contributed by atoms with Gasteiger partial charge in [0.05, 0.1) is 17.6 Å². The molecular weight excluding hydrogens is 372 g/mol. The number of halogens is 1. The van der Waals surface area contributed by atoms with Gasteiger partial charge in [0.25, 0.3) is 5.56 Å². The van der Waals surface area contributed by atoms with E-state index < -0.39 is 10.0 Å². The van der Waals surface area contributed by atoms with E-state index >= 15 is 0 Å². The molecule has 0 amide bonds. The Morgan fingerprint density at radius 2 is 2.05 bits per heavy atom. The van der Waals surface area contributed by atoms with Crippen LogP contribution in [0.4, 0.5) is 5.69 Å². The normalized spacial score (nSPS) is 17.0.